The zero-order valence-electron chi connectivity index (χ0n) is 9.16. The van der Waals surface area contributed by atoms with Crippen molar-refractivity contribution in [3.63, 3.8) is 0 Å². The number of hydrogen-bond acceptors (Lipinski definition) is 3. The summed E-state index contributed by atoms with van der Waals surface area (Å²) in [6.45, 7) is 0. The van der Waals surface area contributed by atoms with Crippen LogP contribution in [-0.2, 0) is 0 Å². The molecule has 0 radical (unpaired) electrons. The van der Waals surface area contributed by atoms with Gasteiger partial charge in [-0.3, -0.25) is 9.59 Å². The van der Waals surface area contributed by atoms with Crippen LogP contribution in [0.3, 0.4) is 0 Å². The molecule has 1 aliphatic carbocycles. The molecule has 1 aromatic rings. The molecule has 0 spiro atoms. The highest BCUT2D eigenvalue weighted by Gasteiger charge is 2.25. The summed E-state index contributed by atoms with van der Waals surface area (Å²) in [5, 5.41) is 3.68. The SMILES string of the molecule is O=C(C1CCCCC1)n1ncc(Cl)c(Cl)c1=O. The first-order valence-electron chi connectivity index (χ1n) is 5.59. The van der Waals surface area contributed by atoms with Gasteiger partial charge in [-0.1, -0.05) is 42.5 Å². The van der Waals surface area contributed by atoms with Crippen molar-refractivity contribution in [1.29, 1.82) is 0 Å². The maximum absolute atomic E-state index is 12.1. The first kappa shape index (κ1) is 12.6. The Balaban J connectivity index is 2.31. The minimum Gasteiger partial charge on any atom is -0.272 e. The van der Waals surface area contributed by atoms with Gasteiger partial charge >= 0.3 is 0 Å². The third-order valence-electron chi connectivity index (χ3n) is 3.04. The van der Waals surface area contributed by atoms with Gasteiger partial charge in [-0.2, -0.15) is 9.78 Å². The third kappa shape index (κ3) is 2.53. The van der Waals surface area contributed by atoms with Gasteiger partial charge in [0.15, 0.2) is 0 Å². The highest BCUT2D eigenvalue weighted by molar-refractivity contribution is 6.41. The number of nitrogens with zero attached hydrogens (tertiary/aromatic N) is 2. The largest absolute Gasteiger partial charge is 0.294 e. The van der Waals surface area contributed by atoms with E-state index >= 15 is 0 Å². The van der Waals surface area contributed by atoms with E-state index in [0.717, 1.165) is 36.8 Å². The smallest absolute Gasteiger partial charge is 0.272 e. The van der Waals surface area contributed by atoms with E-state index in [0.29, 0.717) is 0 Å². The van der Waals surface area contributed by atoms with Crippen molar-refractivity contribution >= 4 is 29.1 Å². The lowest BCUT2D eigenvalue weighted by molar-refractivity contribution is 0.0777. The van der Waals surface area contributed by atoms with Gasteiger partial charge < -0.3 is 0 Å². The second-order valence-electron chi connectivity index (χ2n) is 4.20. The van der Waals surface area contributed by atoms with E-state index < -0.39 is 5.56 Å². The molecule has 0 unspecified atom stereocenters. The third-order valence-corrected chi connectivity index (χ3v) is 3.79. The number of carbonyl (C=O) groups excluding carboxylic acids is 1. The average molecular weight is 275 g/mol. The highest BCUT2D eigenvalue weighted by Crippen LogP contribution is 2.24. The summed E-state index contributed by atoms with van der Waals surface area (Å²) < 4.78 is 0.837. The second kappa shape index (κ2) is 5.19. The van der Waals surface area contributed by atoms with E-state index in [1.807, 2.05) is 0 Å². The fourth-order valence-corrected chi connectivity index (χ4v) is 2.35. The Kier molecular flexibility index (Phi) is 3.84. The number of aromatic nitrogens is 2. The Labute approximate surface area is 109 Å². The van der Waals surface area contributed by atoms with Crippen LogP contribution in [-0.4, -0.2) is 15.7 Å². The molecule has 2 rings (SSSR count). The van der Waals surface area contributed by atoms with Crippen molar-refractivity contribution in [2.24, 2.45) is 5.92 Å². The molecule has 0 saturated heterocycles. The molecule has 0 aromatic carbocycles. The zero-order valence-corrected chi connectivity index (χ0v) is 10.7. The zero-order chi connectivity index (χ0) is 12.4. The van der Waals surface area contributed by atoms with Crippen LogP contribution in [0, 0.1) is 5.92 Å². The molecule has 17 heavy (non-hydrogen) atoms. The summed E-state index contributed by atoms with van der Waals surface area (Å²) >= 11 is 11.4. The highest BCUT2D eigenvalue weighted by atomic mass is 35.5. The fraction of sp³-hybridized carbons (Fsp3) is 0.545. The molecule has 1 saturated carbocycles. The van der Waals surface area contributed by atoms with E-state index in [1.165, 1.54) is 6.20 Å². The molecule has 1 aromatic heterocycles. The maximum atomic E-state index is 12.1. The molecule has 6 heteroatoms. The van der Waals surface area contributed by atoms with E-state index in [1.54, 1.807) is 0 Å². The predicted molar refractivity (Wildman–Crippen MR) is 65.7 cm³/mol. The Morgan fingerprint density at radius 1 is 1.29 bits per heavy atom. The predicted octanol–water partition coefficient (Wildman–Crippen LogP) is 2.77. The van der Waals surface area contributed by atoms with E-state index in [-0.39, 0.29) is 21.9 Å². The van der Waals surface area contributed by atoms with Gasteiger partial charge in [-0.25, -0.2) is 0 Å². The molecule has 1 heterocycles. The Morgan fingerprint density at radius 3 is 2.59 bits per heavy atom. The number of rotatable bonds is 1. The fourth-order valence-electron chi connectivity index (χ4n) is 2.09. The topological polar surface area (TPSA) is 52.0 Å². The minimum atomic E-state index is -0.630. The molecule has 0 bridgehead atoms. The van der Waals surface area contributed by atoms with Crippen LogP contribution in [0.4, 0.5) is 0 Å². The Hall–Kier alpha value is -0.870. The van der Waals surface area contributed by atoms with Gasteiger partial charge in [0.25, 0.3) is 11.5 Å². The first-order chi connectivity index (χ1) is 8.11. The van der Waals surface area contributed by atoms with Gasteiger partial charge in [-0.05, 0) is 12.8 Å². The monoisotopic (exact) mass is 274 g/mol. The molecular formula is C11H12Cl2N2O2. The van der Waals surface area contributed by atoms with Crippen LogP contribution < -0.4 is 5.56 Å². The van der Waals surface area contributed by atoms with Gasteiger partial charge in [0, 0.05) is 5.92 Å². The molecule has 0 N–H and O–H groups in total. The first-order valence-corrected chi connectivity index (χ1v) is 6.34. The van der Waals surface area contributed by atoms with Crippen LogP contribution >= 0.6 is 23.2 Å². The van der Waals surface area contributed by atoms with E-state index in [2.05, 4.69) is 5.10 Å². The lowest BCUT2D eigenvalue weighted by Gasteiger charge is -2.20. The lowest BCUT2D eigenvalue weighted by atomic mass is 9.89. The maximum Gasteiger partial charge on any atom is 0.294 e. The lowest BCUT2D eigenvalue weighted by Crippen LogP contribution is -2.34. The average Bonchev–Trinajstić information content (AvgIpc) is 2.36. The van der Waals surface area contributed by atoms with Crippen molar-refractivity contribution in [2.75, 3.05) is 0 Å². The van der Waals surface area contributed by atoms with Crippen LogP contribution in [0.25, 0.3) is 0 Å². The van der Waals surface area contributed by atoms with Crippen molar-refractivity contribution in [3.8, 4) is 0 Å². The van der Waals surface area contributed by atoms with Crippen molar-refractivity contribution in [2.45, 2.75) is 32.1 Å². The summed E-state index contributed by atoms with van der Waals surface area (Å²) in [5.41, 5.74) is -0.630. The summed E-state index contributed by atoms with van der Waals surface area (Å²) in [6, 6.07) is 0. The van der Waals surface area contributed by atoms with Crippen molar-refractivity contribution in [1.82, 2.24) is 9.78 Å². The minimum absolute atomic E-state index is 0.0735. The van der Waals surface area contributed by atoms with Crippen LogP contribution in [0.15, 0.2) is 11.0 Å². The molecule has 1 aliphatic rings. The molecule has 92 valence electrons. The molecule has 0 aliphatic heterocycles. The van der Waals surface area contributed by atoms with Gasteiger partial charge in [0.1, 0.15) is 5.02 Å². The normalized spacial score (nSPS) is 17.1. The van der Waals surface area contributed by atoms with Gasteiger partial charge in [-0.15, -0.1) is 0 Å². The summed E-state index contributed by atoms with van der Waals surface area (Å²) in [5.74, 6) is -0.389. The van der Waals surface area contributed by atoms with Crippen LogP contribution in [0.1, 0.15) is 36.9 Å². The summed E-state index contributed by atoms with van der Waals surface area (Å²) in [6.07, 6.45) is 6.04. The standard InChI is InChI=1S/C11H12Cl2N2O2/c12-8-6-14-15(11(17)9(8)13)10(16)7-4-2-1-3-5-7/h6-7H,1-5H2. The van der Waals surface area contributed by atoms with Crippen molar-refractivity contribution < 1.29 is 4.79 Å². The summed E-state index contributed by atoms with van der Waals surface area (Å²) in [4.78, 5) is 23.8. The molecule has 4 nitrogen and oxygen atoms in total. The number of carbonyl (C=O) groups is 1. The van der Waals surface area contributed by atoms with Crippen LogP contribution in [0.2, 0.25) is 10.0 Å². The molecule has 1 fully saturated rings. The van der Waals surface area contributed by atoms with Crippen molar-refractivity contribution in [3.05, 3.63) is 26.6 Å². The van der Waals surface area contributed by atoms with Gasteiger partial charge in [0.2, 0.25) is 0 Å². The number of hydrogen-bond donors (Lipinski definition) is 0. The second-order valence-corrected chi connectivity index (χ2v) is 4.98. The van der Waals surface area contributed by atoms with E-state index in [4.69, 9.17) is 23.2 Å². The quantitative estimate of drug-likeness (QED) is 0.791. The Bertz CT molecular complexity index is 493. The van der Waals surface area contributed by atoms with E-state index in [9.17, 15) is 9.59 Å². The Morgan fingerprint density at radius 2 is 1.94 bits per heavy atom. The molecule has 0 amide bonds. The number of halogens is 2. The molecular weight excluding hydrogens is 263 g/mol. The van der Waals surface area contributed by atoms with Gasteiger partial charge in [0.05, 0.1) is 11.2 Å². The van der Waals surface area contributed by atoms with Crippen LogP contribution in [0.5, 0.6) is 0 Å². The summed E-state index contributed by atoms with van der Waals surface area (Å²) in [7, 11) is 0. The molecule has 0 atom stereocenters.